The summed E-state index contributed by atoms with van der Waals surface area (Å²) in [5.74, 6) is 1.31. The van der Waals surface area contributed by atoms with Crippen LogP contribution in [0.4, 0.5) is 11.5 Å². The van der Waals surface area contributed by atoms with Crippen molar-refractivity contribution in [2.24, 2.45) is 0 Å². The summed E-state index contributed by atoms with van der Waals surface area (Å²) in [6, 6.07) is 11.3. The van der Waals surface area contributed by atoms with Crippen molar-refractivity contribution < 1.29 is 28.2 Å². The van der Waals surface area contributed by atoms with Crippen LogP contribution >= 0.6 is 24.8 Å². The molecule has 12 heteroatoms. The van der Waals surface area contributed by atoms with Gasteiger partial charge in [-0.25, -0.2) is 9.97 Å². The number of fused-ring (bicyclic) bond motifs is 2. The Morgan fingerprint density at radius 3 is 2.68 bits per heavy atom. The zero-order chi connectivity index (χ0) is 24.9. The van der Waals surface area contributed by atoms with Gasteiger partial charge in [-0.3, -0.25) is 9.69 Å². The Morgan fingerprint density at radius 1 is 1.11 bits per heavy atom. The molecule has 0 bridgehead atoms. The molecule has 0 saturated carbocycles. The lowest BCUT2D eigenvalue weighted by Gasteiger charge is -2.30. The maximum Gasteiger partial charge on any atom is 0.303 e. The molecule has 1 saturated heterocycles. The molecule has 2 aromatic carbocycles. The first kappa shape index (κ1) is 29.2. The van der Waals surface area contributed by atoms with Crippen molar-refractivity contribution in [2.45, 2.75) is 13.0 Å². The molecule has 4 aromatic rings. The van der Waals surface area contributed by atoms with Gasteiger partial charge < -0.3 is 28.7 Å². The molecule has 1 unspecified atom stereocenters. The van der Waals surface area contributed by atoms with Crippen molar-refractivity contribution >= 4 is 64.2 Å². The van der Waals surface area contributed by atoms with Crippen LogP contribution in [0.25, 0.3) is 21.9 Å². The number of morpholine rings is 1. The number of nitrogens with zero attached hydrogens (tertiary/aromatic N) is 3. The minimum Gasteiger partial charge on any atom is -0.493 e. The number of carbonyl (C=O) groups excluding carboxylic acids is 1. The zero-order valence-electron chi connectivity index (χ0n) is 21.0. The molecule has 1 atom stereocenters. The normalized spacial score (nSPS) is 14.3. The van der Waals surface area contributed by atoms with Gasteiger partial charge in [0.2, 0.25) is 0 Å². The van der Waals surface area contributed by atoms with Crippen LogP contribution in [0.3, 0.4) is 0 Å². The van der Waals surface area contributed by atoms with E-state index in [0.29, 0.717) is 42.6 Å². The lowest BCUT2D eigenvalue weighted by Crippen LogP contribution is -2.43. The number of esters is 1. The molecular weight excluding hydrogens is 535 g/mol. The molecule has 3 heterocycles. The third-order valence-corrected chi connectivity index (χ3v) is 5.99. The van der Waals surface area contributed by atoms with E-state index in [-0.39, 0.29) is 37.4 Å². The van der Waals surface area contributed by atoms with Crippen LogP contribution < -0.4 is 14.8 Å². The predicted octanol–water partition coefficient (Wildman–Crippen LogP) is 4.61. The number of anilines is 2. The lowest BCUT2D eigenvalue weighted by molar-refractivity contribution is -0.149. The third-order valence-electron chi connectivity index (χ3n) is 5.99. The molecule has 0 spiro atoms. The Balaban J connectivity index is 0.00000200. The first-order chi connectivity index (χ1) is 17.6. The van der Waals surface area contributed by atoms with Gasteiger partial charge in [-0.15, -0.1) is 24.8 Å². The van der Waals surface area contributed by atoms with Crippen molar-refractivity contribution in [1.82, 2.24) is 14.9 Å². The van der Waals surface area contributed by atoms with Crippen LogP contribution in [0, 0.1) is 0 Å². The van der Waals surface area contributed by atoms with Gasteiger partial charge in [0.25, 0.3) is 0 Å². The van der Waals surface area contributed by atoms with E-state index in [0.717, 1.165) is 35.1 Å². The van der Waals surface area contributed by atoms with Gasteiger partial charge in [0.05, 0.1) is 37.8 Å². The molecule has 0 radical (unpaired) electrons. The van der Waals surface area contributed by atoms with Gasteiger partial charge in [0.15, 0.2) is 11.5 Å². The number of hydrogen-bond donors (Lipinski definition) is 1. The van der Waals surface area contributed by atoms with E-state index in [1.54, 1.807) is 19.4 Å². The van der Waals surface area contributed by atoms with Crippen molar-refractivity contribution in [3.8, 4) is 11.5 Å². The second-order valence-electron chi connectivity index (χ2n) is 8.46. The second kappa shape index (κ2) is 13.5. The number of ether oxygens (including phenoxy) is 4. The second-order valence-corrected chi connectivity index (χ2v) is 8.46. The van der Waals surface area contributed by atoms with Gasteiger partial charge in [0.1, 0.15) is 30.4 Å². The van der Waals surface area contributed by atoms with Crippen LogP contribution in [0.2, 0.25) is 0 Å². The largest absolute Gasteiger partial charge is 0.493 e. The van der Waals surface area contributed by atoms with Crippen molar-refractivity contribution in [3.05, 3.63) is 49.0 Å². The smallest absolute Gasteiger partial charge is 0.303 e. The van der Waals surface area contributed by atoms with Gasteiger partial charge >= 0.3 is 5.97 Å². The zero-order valence-corrected chi connectivity index (χ0v) is 22.7. The molecule has 2 aromatic heterocycles. The third kappa shape index (κ3) is 6.76. The molecule has 1 aliphatic rings. The highest BCUT2D eigenvalue weighted by molar-refractivity contribution is 5.97. The first-order valence-electron chi connectivity index (χ1n) is 11.8. The first-order valence-corrected chi connectivity index (χ1v) is 11.8. The molecular formula is C26H30Cl2N4O6. The fraction of sp³-hybridized carbons (Fsp3) is 0.346. The molecule has 0 aliphatic carbocycles. The van der Waals surface area contributed by atoms with Crippen molar-refractivity contribution in [3.63, 3.8) is 0 Å². The Hall–Kier alpha value is -3.31. The summed E-state index contributed by atoms with van der Waals surface area (Å²) >= 11 is 0. The fourth-order valence-electron chi connectivity index (χ4n) is 4.28. The quantitative estimate of drug-likeness (QED) is 0.289. The standard InChI is InChI=1S/C26H28N4O6.2ClH/c1-17(31)36-18(14-30-7-10-33-11-8-30)15-35-25-13-22-20(12-24(25)32-2)26(28-16-27-22)29-21-4-3-5-23-19(21)6-9-34-23;;/h3-6,9,12-13,16,18H,7-8,10-11,14-15H2,1-2H3,(H,27,28,29);2*1H. The summed E-state index contributed by atoms with van der Waals surface area (Å²) in [5.41, 5.74) is 2.33. The van der Waals surface area contributed by atoms with E-state index in [2.05, 4.69) is 20.2 Å². The van der Waals surface area contributed by atoms with Crippen molar-refractivity contribution in [2.75, 3.05) is 51.9 Å². The van der Waals surface area contributed by atoms with E-state index < -0.39 is 6.10 Å². The summed E-state index contributed by atoms with van der Waals surface area (Å²) < 4.78 is 28.1. The minimum atomic E-state index is -0.431. The van der Waals surface area contributed by atoms with E-state index in [1.807, 2.05) is 30.3 Å². The molecule has 38 heavy (non-hydrogen) atoms. The van der Waals surface area contributed by atoms with Gasteiger partial charge in [-0.2, -0.15) is 0 Å². The topological polar surface area (TPSA) is 108 Å². The maximum atomic E-state index is 11.7. The Kier molecular flexibility index (Phi) is 10.4. The van der Waals surface area contributed by atoms with Crippen LogP contribution in [0.1, 0.15) is 6.92 Å². The number of hydrogen-bond acceptors (Lipinski definition) is 10. The average Bonchev–Trinajstić information content (AvgIpc) is 3.37. The van der Waals surface area contributed by atoms with Gasteiger partial charge in [-0.05, 0) is 24.3 Å². The minimum absolute atomic E-state index is 0. The highest BCUT2D eigenvalue weighted by atomic mass is 35.5. The molecule has 1 N–H and O–H groups in total. The summed E-state index contributed by atoms with van der Waals surface area (Å²) in [5, 5.41) is 5.11. The number of rotatable bonds is 9. The van der Waals surface area contributed by atoms with Crippen LogP contribution in [-0.4, -0.2) is 73.5 Å². The number of methoxy groups -OCH3 is 1. The van der Waals surface area contributed by atoms with Crippen LogP contribution in [-0.2, 0) is 14.3 Å². The fourth-order valence-corrected chi connectivity index (χ4v) is 4.28. The van der Waals surface area contributed by atoms with E-state index in [1.165, 1.54) is 13.3 Å². The predicted molar refractivity (Wildman–Crippen MR) is 148 cm³/mol. The number of aromatic nitrogens is 2. The summed E-state index contributed by atoms with van der Waals surface area (Å²) in [6.07, 6.45) is 2.72. The highest BCUT2D eigenvalue weighted by Gasteiger charge is 2.21. The molecule has 10 nitrogen and oxygen atoms in total. The van der Waals surface area contributed by atoms with E-state index in [4.69, 9.17) is 23.4 Å². The number of carbonyl (C=O) groups is 1. The summed E-state index contributed by atoms with van der Waals surface area (Å²) in [7, 11) is 1.58. The molecule has 204 valence electrons. The monoisotopic (exact) mass is 564 g/mol. The summed E-state index contributed by atoms with van der Waals surface area (Å²) in [6.45, 7) is 5.05. The summed E-state index contributed by atoms with van der Waals surface area (Å²) in [4.78, 5) is 22.8. The van der Waals surface area contributed by atoms with E-state index in [9.17, 15) is 4.79 Å². The number of nitrogens with one attached hydrogen (secondary N) is 1. The maximum absolute atomic E-state index is 11.7. The Morgan fingerprint density at radius 2 is 1.92 bits per heavy atom. The average molecular weight is 565 g/mol. The molecule has 5 rings (SSSR count). The van der Waals surface area contributed by atoms with Crippen LogP contribution in [0.5, 0.6) is 11.5 Å². The molecule has 1 aliphatic heterocycles. The molecule has 0 amide bonds. The Bertz CT molecular complexity index is 1360. The SMILES string of the molecule is COc1cc2c(Nc3cccc4occc34)ncnc2cc1OCC(CN1CCOCC1)OC(C)=O.Cl.Cl. The Labute approximate surface area is 232 Å². The van der Waals surface area contributed by atoms with Gasteiger partial charge in [-0.1, -0.05) is 6.07 Å². The number of furan rings is 1. The number of benzene rings is 2. The molecule has 1 fully saturated rings. The van der Waals surface area contributed by atoms with Gasteiger partial charge in [0, 0.05) is 43.4 Å². The number of halogens is 2. The van der Waals surface area contributed by atoms with Crippen molar-refractivity contribution in [1.29, 1.82) is 0 Å². The highest BCUT2D eigenvalue weighted by Crippen LogP contribution is 2.36. The van der Waals surface area contributed by atoms with Crippen LogP contribution in [0.15, 0.2) is 53.4 Å². The lowest BCUT2D eigenvalue weighted by atomic mass is 10.2. The van der Waals surface area contributed by atoms with E-state index >= 15 is 0 Å².